The van der Waals surface area contributed by atoms with Crippen LogP contribution in [0.25, 0.3) is 16.5 Å². The molecular formula is C23H21ClN2O4S. The third-order valence-electron chi connectivity index (χ3n) is 5.08. The molecule has 160 valence electrons. The summed E-state index contributed by atoms with van der Waals surface area (Å²) in [7, 11) is 0. The zero-order valence-corrected chi connectivity index (χ0v) is 18.9. The molecule has 2 aromatic heterocycles. The summed E-state index contributed by atoms with van der Waals surface area (Å²) in [6.07, 6.45) is 3.60. The fourth-order valence-electron chi connectivity index (χ4n) is 3.49. The van der Waals surface area contributed by atoms with Crippen LogP contribution in [0.4, 0.5) is 0 Å². The number of carbonyl (C=O) groups excluding carboxylic acids is 2. The summed E-state index contributed by atoms with van der Waals surface area (Å²) >= 11 is 7.90. The maximum atomic E-state index is 12.2. The fraction of sp³-hybridized carbons (Fsp3) is 0.261. The Morgan fingerprint density at radius 3 is 2.81 bits per heavy atom. The molecule has 0 aliphatic carbocycles. The lowest BCUT2D eigenvalue weighted by molar-refractivity contribution is -0.116. The third-order valence-corrected chi connectivity index (χ3v) is 6.60. The van der Waals surface area contributed by atoms with Crippen LogP contribution in [0.5, 0.6) is 5.75 Å². The molecule has 3 aromatic rings. The number of rotatable bonds is 6. The number of ketones is 1. The molecule has 0 fully saturated rings. The molecule has 0 bridgehead atoms. The lowest BCUT2D eigenvalue weighted by Crippen LogP contribution is -2.33. The van der Waals surface area contributed by atoms with Crippen molar-refractivity contribution < 1.29 is 18.8 Å². The number of hydrogen-bond donors (Lipinski definition) is 1. The van der Waals surface area contributed by atoms with Crippen LogP contribution >= 0.6 is 22.9 Å². The number of carbonyl (C=O) groups is 2. The first-order valence-corrected chi connectivity index (χ1v) is 11.0. The number of amides is 1. The summed E-state index contributed by atoms with van der Waals surface area (Å²) in [6, 6.07) is 7.65. The lowest BCUT2D eigenvalue weighted by Gasteiger charge is -2.11. The van der Waals surface area contributed by atoms with Crippen molar-refractivity contribution in [2.45, 2.75) is 33.3 Å². The minimum atomic E-state index is -0.221. The summed E-state index contributed by atoms with van der Waals surface area (Å²) in [5.41, 5.74) is 3.49. The van der Waals surface area contributed by atoms with Crippen LogP contribution < -0.4 is 10.1 Å². The Morgan fingerprint density at radius 1 is 1.32 bits per heavy atom. The van der Waals surface area contributed by atoms with Gasteiger partial charge in [0.25, 0.3) is 0 Å². The van der Waals surface area contributed by atoms with Crippen molar-refractivity contribution in [1.29, 1.82) is 0 Å². The summed E-state index contributed by atoms with van der Waals surface area (Å²) in [6.45, 7) is 5.54. The molecule has 0 spiro atoms. The molecule has 1 aliphatic heterocycles. The number of nitrogens with one attached hydrogen (secondary N) is 1. The molecule has 6 nitrogen and oxygen atoms in total. The number of benzene rings is 1. The molecule has 4 rings (SSSR count). The maximum Gasteiger partial charge on any atom is 0.244 e. The number of hydrogen-bond acceptors (Lipinski definition) is 6. The van der Waals surface area contributed by atoms with Gasteiger partial charge in [0, 0.05) is 28.5 Å². The van der Waals surface area contributed by atoms with Crippen molar-refractivity contribution in [3.63, 3.8) is 0 Å². The van der Waals surface area contributed by atoms with E-state index in [1.165, 1.54) is 17.4 Å². The van der Waals surface area contributed by atoms with Crippen LogP contribution in [-0.4, -0.2) is 29.5 Å². The monoisotopic (exact) mass is 456 g/mol. The number of fused-ring (bicyclic) bond motifs is 1. The molecule has 8 heteroatoms. The number of thiophene rings is 1. The van der Waals surface area contributed by atoms with E-state index in [1.54, 1.807) is 19.9 Å². The number of nitrogens with zero attached hydrogens (tertiary/aromatic N) is 1. The number of Topliss-reactive ketones (excluding diaryl/α,β-unsaturated/α-hetero) is 1. The standard InChI is InChI=1S/C23H21ClN2O4S/c1-12-18(14(3)30-26-12)4-7-22(28)25-11-17-9-16-8-15(10-19(24)23(16)29-17)21-6-5-20(31-21)13(2)27/h4-8,10,17H,9,11H2,1-3H3,(H,25,28)/b7-4+. The predicted octanol–water partition coefficient (Wildman–Crippen LogP) is 5.01. The van der Waals surface area contributed by atoms with Gasteiger partial charge in [-0.15, -0.1) is 11.3 Å². The molecule has 1 amide bonds. The smallest absolute Gasteiger partial charge is 0.244 e. The van der Waals surface area contributed by atoms with Gasteiger partial charge in [0.05, 0.1) is 22.1 Å². The highest BCUT2D eigenvalue weighted by atomic mass is 35.5. The topological polar surface area (TPSA) is 81.4 Å². The Balaban J connectivity index is 1.40. The van der Waals surface area contributed by atoms with E-state index >= 15 is 0 Å². The van der Waals surface area contributed by atoms with Crippen LogP contribution in [-0.2, 0) is 11.2 Å². The number of halogens is 1. The first kappa shape index (κ1) is 21.3. The fourth-order valence-corrected chi connectivity index (χ4v) is 4.66. The molecule has 1 aromatic carbocycles. The molecule has 1 N–H and O–H groups in total. The van der Waals surface area contributed by atoms with Gasteiger partial charge in [0.15, 0.2) is 5.78 Å². The van der Waals surface area contributed by atoms with Crippen molar-refractivity contribution >= 4 is 40.7 Å². The Kier molecular flexibility index (Phi) is 5.98. The second-order valence-corrected chi connectivity index (χ2v) is 8.92. The highest BCUT2D eigenvalue weighted by Gasteiger charge is 2.26. The Labute approximate surface area is 188 Å². The van der Waals surface area contributed by atoms with Crippen LogP contribution in [0.2, 0.25) is 5.02 Å². The zero-order valence-electron chi connectivity index (χ0n) is 17.3. The summed E-state index contributed by atoms with van der Waals surface area (Å²) < 4.78 is 11.1. The number of ether oxygens (including phenoxy) is 1. The molecule has 0 saturated heterocycles. The lowest BCUT2D eigenvalue weighted by atomic mass is 10.1. The normalized spacial score (nSPS) is 15.2. The van der Waals surface area contributed by atoms with Crippen LogP contribution in [0.15, 0.2) is 34.9 Å². The van der Waals surface area contributed by atoms with Crippen LogP contribution in [0.3, 0.4) is 0 Å². The van der Waals surface area contributed by atoms with Gasteiger partial charge in [0.2, 0.25) is 5.91 Å². The van der Waals surface area contributed by atoms with E-state index < -0.39 is 0 Å². The second kappa shape index (κ2) is 8.69. The summed E-state index contributed by atoms with van der Waals surface area (Å²) in [5.74, 6) is 1.15. The highest BCUT2D eigenvalue weighted by Crippen LogP contribution is 2.41. The van der Waals surface area contributed by atoms with E-state index in [4.69, 9.17) is 20.9 Å². The van der Waals surface area contributed by atoms with Crippen LogP contribution in [0.1, 0.15) is 39.2 Å². The summed E-state index contributed by atoms with van der Waals surface area (Å²) in [5, 5.41) is 7.25. The Morgan fingerprint density at radius 2 is 2.13 bits per heavy atom. The third kappa shape index (κ3) is 4.57. The van der Waals surface area contributed by atoms with Gasteiger partial charge < -0.3 is 14.6 Å². The summed E-state index contributed by atoms with van der Waals surface area (Å²) in [4.78, 5) is 25.5. The van der Waals surface area contributed by atoms with E-state index in [0.717, 1.165) is 27.3 Å². The molecule has 31 heavy (non-hydrogen) atoms. The first-order valence-electron chi connectivity index (χ1n) is 9.81. The molecule has 0 radical (unpaired) electrons. The van der Waals surface area contributed by atoms with E-state index in [1.807, 2.05) is 31.2 Å². The molecule has 1 aliphatic rings. The quantitative estimate of drug-likeness (QED) is 0.416. The van der Waals surface area contributed by atoms with Gasteiger partial charge in [-0.3, -0.25) is 9.59 Å². The SMILES string of the molecule is CC(=O)c1ccc(-c2cc(Cl)c3c(c2)CC(CNC(=O)/C=C/c2c(C)noc2C)O3)s1. The van der Waals surface area contributed by atoms with Crippen molar-refractivity contribution in [3.8, 4) is 16.2 Å². The van der Waals surface area contributed by atoms with Crippen LogP contribution in [0, 0.1) is 13.8 Å². The van der Waals surface area contributed by atoms with Gasteiger partial charge in [-0.25, -0.2) is 0 Å². The molecule has 1 atom stereocenters. The first-order chi connectivity index (χ1) is 14.8. The highest BCUT2D eigenvalue weighted by molar-refractivity contribution is 7.17. The van der Waals surface area contributed by atoms with Gasteiger partial charge in [-0.1, -0.05) is 16.8 Å². The number of aromatic nitrogens is 1. The minimum absolute atomic E-state index is 0.0473. The largest absolute Gasteiger partial charge is 0.486 e. The average Bonchev–Trinajstić information content (AvgIpc) is 3.44. The van der Waals surface area contributed by atoms with Gasteiger partial charge in [-0.2, -0.15) is 0 Å². The van der Waals surface area contributed by atoms with Crippen molar-refractivity contribution in [2.75, 3.05) is 6.54 Å². The van der Waals surface area contributed by atoms with Crippen molar-refractivity contribution in [2.24, 2.45) is 0 Å². The van der Waals surface area contributed by atoms with E-state index in [2.05, 4.69) is 10.5 Å². The number of aryl methyl sites for hydroxylation is 2. The predicted molar refractivity (Wildman–Crippen MR) is 121 cm³/mol. The zero-order chi connectivity index (χ0) is 22.1. The van der Waals surface area contributed by atoms with E-state index in [0.29, 0.717) is 34.4 Å². The molecular weight excluding hydrogens is 436 g/mol. The second-order valence-electron chi connectivity index (χ2n) is 7.43. The van der Waals surface area contributed by atoms with E-state index in [9.17, 15) is 9.59 Å². The molecule has 1 unspecified atom stereocenters. The van der Waals surface area contributed by atoms with Gasteiger partial charge in [0.1, 0.15) is 17.6 Å². The van der Waals surface area contributed by atoms with E-state index in [-0.39, 0.29) is 17.8 Å². The Hall–Kier alpha value is -2.90. The molecule has 3 heterocycles. The molecule has 0 saturated carbocycles. The van der Waals surface area contributed by atoms with Crippen molar-refractivity contribution in [3.05, 3.63) is 62.8 Å². The van der Waals surface area contributed by atoms with Gasteiger partial charge >= 0.3 is 0 Å². The maximum absolute atomic E-state index is 12.2. The van der Waals surface area contributed by atoms with Crippen molar-refractivity contribution in [1.82, 2.24) is 10.5 Å². The van der Waals surface area contributed by atoms with Gasteiger partial charge in [-0.05, 0) is 56.7 Å². The average molecular weight is 457 g/mol. The minimum Gasteiger partial charge on any atom is -0.486 e. The Bertz CT molecular complexity index is 1170.